The van der Waals surface area contributed by atoms with Crippen LogP contribution < -0.4 is 5.32 Å². The van der Waals surface area contributed by atoms with Crippen LogP contribution in [-0.2, 0) is 11.2 Å². The van der Waals surface area contributed by atoms with Crippen molar-refractivity contribution in [1.82, 2.24) is 5.32 Å². The summed E-state index contributed by atoms with van der Waals surface area (Å²) in [5.74, 6) is 1.35. The number of rotatable bonds is 8. The van der Waals surface area contributed by atoms with Crippen LogP contribution in [0.2, 0.25) is 0 Å². The van der Waals surface area contributed by atoms with E-state index in [1.807, 2.05) is 0 Å². The summed E-state index contributed by atoms with van der Waals surface area (Å²) in [5, 5.41) is 3.69. The van der Waals surface area contributed by atoms with Gasteiger partial charge in [-0.1, -0.05) is 38.1 Å². The van der Waals surface area contributed by atoms with E-state index in [4.69, 9.17) is 4.74 Å². The second-order valence-electron chi connectivity index (χ2n) is 6.57. The SMILES string of the molecule is CCNC(CC(C)COC)CC1CCCc2ccccc21. The number of hydrogen-bond donors (Lipinski definition) is 1. The van der Waals surface area contributed by atoms with Crippen LogP contribution in [0.4, 0.5) is 0 Å². The first kappa shape index (κ1) is 16.5. The predicted octanol–water partition coefficient (Wildman–Crippen LogP) is 4.15. The normalized spacial score (nSPS) is 20.8. The van der Waals surface area contributed by atoms with Gasteiger partial charge in [0.1, 0.15) is 0 Å². The molecule has 0 bridgehead atoms. The molecule has 0 spiro atoms. The fourth-order valence-electron chi connectivity index (χ4n) is 3.83. The molecule has 3 atom stereocenters. The molecule has 2 nitrogen and oxygen atoms in total. The van der Waals surface area contributed by atoms with Crippen LogP contribution in [0.25, 0.3) is 0 Å². The second kappa shape index (κ2) is 8.55. The molecular weight excluding hydrogens is 258 g/mol. The summed E-state index contributed by atoms with van der Waals surface area (Å²) in [5.41, 5.74) is 3.18. The molecule has 21 heavy (non-hydrogen) atoms. The predicted molar refractivity (Wildman–Crippen MR) is 89.9 cm³/mol. The molecule has 1 N–H and O–H groups in total. The van der Waals surface area contributed by atoms with Crippen molar-refractivity contribution in [1.29, 1.82) is 0 Å². The lowest BCUT2D eigenvalue weighted by molar-refractivity contribution is 0.147. The highest BCUT2D eigenvalue weighted by atomic mass is 16.5. The molecule has 3 unspecified atom stereocenters. The number of ether oxygens (including phenoxy) is 1. The van der Waals surface area contributed by atoms with Gasteiger partial charge in [-0.2, -0.15) is 0 Å². The van der Waals surface area contributed by atoms with Crippen molar-refractivity contribution in [2.45, 2.75) is 57.9 Å². The van der Waals surface area contributed by atoms with E-state index >= 15 is 0 Å². The molecule has 1 aliphatic carbocycles. The van der Waals surface area contributed by atoms with Gasteiger partial charge in [0.05, 0.1) is 0 Å². The Morgan fingerprint density at radius 3 is 2.90 bits per heavy atom. The van der Waals surface area contributed by atoms with Gasteiger partial charge in [-0.15, -0.1) is 0 Å². The van der Waals surface area contributed by atoms with Gasteiger partial charge < -0.3 is 10.1 Å². The number of benzene rings is 1. The zero-order valence-corrected chi connectivity index (χ0v) is 13.9. The molecule has 1 aromatic rings. The van der Waals surface area contributed by atoms with Crippen molar-refractivity contribution in [3.63, 3.8) is 0 Å². The molecule has 0 saturated carbocycles. The van der Waals surface area contributed by atoms with Crippen molar-refractivity contribution in [2.75, 3.05) is 20.3 Å². The van der Waals surface area contributed by atoms with Crippen LogP contribution in [0.5, 0.6) is 0 Å². The number of methoxy groups -OCH3 is 1. The van der Waals surface area contributed by atoms with E-state index in [0.717, 1.165) is 19.1 Å². The monoisotopic (exact) mass is 289 g/mol. The molecular formula is C19H31NO. The molecule has 0 amide bonds. The van der Waals surface area contributed by atoms with Crippen molar-refractivity contribution in [3.8, 4) is 0 Å². The Kier molecular flexibility index (Phi) is 6.72. The van der Waals surface area contributed by atoms with Crippen molar-refractivity contribution in [2.24, 2.45) is 5.92 Å². The lowest BCUT2D eigenvalue weighted by atomic mass is 9.78. The van der Waals surface area contributed by atoms with Gasteiger partial charge in [-0.05, 0) is 61.6 Å². The van der Waals surface area contributed by atoms with E-state index in [1.165, 1.54) is 32.1 Å². The van der Waals surface area contributed by atoms with E-state index in [2.05, 4.69) is 43.4 Å². The largest absolute Gasteiger partial charge is 0.384 e. The van der Waals surface area contributed by atoms with E-state index in [1.54, 1.807) is 18.2 Å². The van der Waals surface area contributed by atoms with Gasteiger partial charge in [-0.25, -0.2) is 0 Å². The number of nitrogens with one attached hydrogen (secondary N) is 1. The average molecular weight is 289 g/mol. The first-order valence-corrected chi connectivity index (χ1v) is 8.54. The Labute approximate surface area is 130 Å². The molecule has 0 radical (unpaired) electrons. The third-order valence-electron chi connectivity index (χ3n) is 4.69. The highest BCUT2D eigenvalue weighted by Crippen LogP contribution is 2.35. The van der Waals surface area contributed by atoms with Crippen LogP contribution in [0.15, 0.2) is 24.3 Å². The molecule has 0 aliphatic heterocycles. The van der Waals surface area contributed by atoms with E-state index in [9.17, 15) is 0 Å². The van der Waals surface area contributed by atoms with E-state index in [-0.39, 0.29) is 0 Å². The van der Waals surface area contributed by atoms with Gasteiger partial charge in [0.25, 0.3) is 0 Å². The van der Waals surface area contributed by atoms with Gasteiger partial charge >= 0.3 is 0 Å². The standard InChI is InChI=1S/C19H31NO/c1-4-20-18(12-15(2)14-21-3)13-17-10-7-9-16-8-5-6-11-19(16)17/h5-6,8,11,15,17-18,20H,4,7,9-10,12-14H2,1-3H3. The molecule has 0 heterocycles. The van der Waals surface area contributed by atoms with Gasteiger partial charge in [-0.3, -0.25) is 0 Å². The Morgan fingerprint density at radius 1 is 1.33 bits per heavy atom. The first-order valence-electron chi connectivity index (χ1n) is 8.54. The molecule has 118 valence electrons. The molecule has 0 fully saturated rings. The zero-order valence-electron chi connectivity index (χ0n) is 13.9. The summed E-state index contributed by atoms with van der Waals surface area (Å²) < 4.78 is 5.30. The fourth-order valence-corrected chi connectivity index (χ4v) is 3.83. The van der Waals surface area contributed by atoms with Crippen molar-refractivity contribution >= 4 is 0 Å². The quantitative estimate of drug-likeness (QED) is 0.776. The van der Waals surface area contributed by atoms with E-state index in [0.29, 0.717) is 12.0 Å². The summed E-state index contributed by atoms with van der Waals surface area (Å²) in [7, 11) is 1.80. The maximum atomic E-state index is 5.30. The summed E-state index contributed by atoms with van der Waals surface area (Å²) in [6, 6.07) is 9.66. The van der Waals surface area contributed by atoms with Crippen molar-refractivity contribution in [3.05, 3.63) is 35.4 Å². The van der Waals surface area contributed by atoms with Crippen LogP contribution in [0, 0.1) is 5.92 Å². The Balaban J connectivity index is 2.00. The molecule has 2 heteroatoms. The second-order valence-corrected chi connectivity index (χ2v) is 6.57. The summed E-state index contributed by atoms with van der Waals surface area (Å²) in [6.45, 7) is 6.42. The minimum Gasteiger partial charge on any atom is -0.384 e. The average Bonchev–Trinajstić information content (AvgIpc) is 2.48. The Morgan fingerprint density at radius 2 is 2.14 bits per heavy atom. The third kappa shape index (κ3) is 4.82. The van der Waals surface area contributed by atoms with Gasteiger partial charge in [0, 0.05) is 19.8 Å². The zero-order chi connectivity index (χ0) is 15.1. The third-order valence-corrected chi connectivity index (χ3v) is 4.69. The first-order chi connectivity index (χ1) is 10.2. The minimum atomic E-state index is 0.608. The van der Waals surface area contributed by atoms with Crippen LogP contribution >= 0.6 is 0 Å². The van der Waals surface area contributed by atoms with Crippen molar-refractivity contribution < 1.29 is 4.74 Å². The highest BCUT2D eigenvalue weighted by Gasteiger charge is 2.23. The fraction of sp³-hybridized carbons (Fsp3) is 0.684. The molecule has 0 aromatic heterocycles. The van der Waals surface area contributed by atoms with Crippen LogP contribution in [0.3, 0.4) is 0 Å². The van der Waals surface area contributed by atoms with E-state index < -0.39 is 0 Å². The van der Waals surface area contributed by atoms with Crippen LogP contribution in [-0.4, -0.2) is 26.3 Å². The lowest BCUT2D eigenvalue weighted by Gasteiger charge is -2.30. The molecule has 2 rings (SSSR count). The van der Waals surface area contributed by atoms with Gasteiger partial charge in [0.2, 0.25) is 0 Å². The minimum absolute atomic E-state index is 0.608. The summed E-state index contributed by atoms with van der Waals surface area (Å²) in [4.78, 5) is 0. The van der Waals surface area contributed by atoms with Crippen LogP contribution in [0.1, 0.15) is 56.6 Å². The number of fused-ring (bicyclic) bond motifs is 1. The smallest absolute Gasteiger partial charge is 0.0488 e. The Bertz CT molecular complexity index is 418. The molecule has 1 aromatic carbocycles. The number of hydrogen-bond acceptors (Lipinski definition) is 2. The highest BCUT2D eigenvalue weighted by molar-refractivity contribution is 5.32. The maximum absolute atomic E-state index is 5.30. The maximum Gasteiger partial charge on any atom is 0.0488 e. The number of aryl methyl sites for hydroxylation is 1. The summed E-state index contributed by atoms with van der Waals surface area (Å²) in [6.07, 6.45) is 6.42. The summed E-state index contributed by atoms with van der Waals surface area (Å²) >= 11 is 0. The topological polar surface area (TPSA) is 21.3 Å². The lowest BCUT2D eigenvalue weighted by Crippen LogP contribution is -2.33. The van der Waals surface area contributed by atoms with Gasteiger partial charge in [0.15, 0.2) is 0 Å². The molecule has 1 aliphatic rings. The molecule has 0 saturated heterocycles. The Hall–Kier alpha value is -0.860.